The molecule has 0 bridgehead atoms. The Bertz CT molecular complexity index is 565. The molecule has 5 nitrogen and oxygen atoms in total. The first-order valence-corrected chi connectivity index (χ1v) is 8.98. The van der Waals surface area contributed by atoms with Gasteiger partial charge in [-0.25, -0.2) is 0 Å². The number of nitrogens with two attached hydrogens (primary N) is 1. The van der Waals surface area contributed by atoms with Crippen molar-refractivity contribution in [2.75, 3.05) is 52.9 Å². The molecule has 132 valence electrons. The minimum absolute atomic E-state index is 0.0804. The quantitative estimate of drug-likeness (QED) is 0.903. The summed E-state index contributed by atoms with van der Waals surface area (Å²) in [6, 6.07) is 8.16. The molecule has 1 unspecified atom stereocenters. The average molecular weight is 330 g/mol. The molecule has 1 aromatic rings. The summed E-state index contributed by atoms with van der Waals surface area (Å²) < 4.78 is 0. The smallest absolute Gasteiger partial charge is 0.253 e. The van der Waals surface area contributed by atoms with E-state index in [0.29, 0.717) is 6.54 Å². The highest BCUT2D eigenvalue weighted by Gasteiger charge is 2.35. The number of benzene rings is 1. The summed E-state index contributed by atoms with van der Waals surface area (Å²) in [6.45, 7) is 9.85. The van der Waals surface area contributed by atoms with E-state index in [1.807, 2.05) is 17.0 Å². The zero-order valence-electron chi connectivity index (χ0n) is 15.0. The van der Waals surface area contributed by atoms with Crippen LogP contribution in [-0.2, 0) is 6.54 Å². The van der Waals surface area contributed by atoms with Gasteiger partial charge in [0.1, 0.15) is 0 Å². The van der Waals surface area contributed by atoms with Crippen LogP contribution in [0.3, 0.4) is 0 Å². The van der Waals surface area contributed by atoms with Crippen molar-refractivity contribution >= 4 is 5.91 Å². The molecule has 0 saturated carbocycles. The van der Waals surface area contributed by atoms with E-state index in [9.17, 15) is 4.79 Å². The van der Waals surface area contributed by atoms with Crippen molar-refractivity contribution in [2.45, 2.75) is 19.9 Å². The topological polar surface area (TPSA) is 52.8 Å². The van der Waals surface area contributed by atoms with Gasteiger partial charge in [-0.3, -0.25) is 9.69 Å². The molecule has 2 aliphatic heterocycles. The summed E-state index contributed by atoms with van der Waals surface area (Å²) in [5.74, 6) is 0.137. The minimum Gasteiger partial charge on any atom is -0.338 e. The number of carbonyl (C=O) groups excluding carboxylic acids is 1. The van der Waals surface area contributed by atoms with Gasteiger partial charge < -0.3 is 15.5 Å². The monoisotopic (exact) mass is 330 g/mol. The Morgan fingerprint density at radius 1 is 1.12 bits per heavy atom. The number of amides is 1. The Hall–Kier alpha value is -1.43. The van der Waals surface area contributed by atoms with Gasteiger partial charge in [0.05, 0.1) is 0 Å². The second kappa shape index (κ2) is 7.21. The van der Waals surface area contributed by atoms with Crippen LogP contribution in [0.15, 0.2) is 24.3 Å². The van der Waals surface area contributed by atoms with E-state index in [1.54, 1.807) is 0 Å². The molecular weight excluding hydrogens is 300 g/mol. The molecule has 1 aromatic carbocycles. The van der Waals surface area contributed by atoms with Crippen LogP contribution in [0, 0.1) is 5.41 Å². The van der Waals surface area contributed by atoms with E-state index in [2.05, 4.69) is 35.9 Å². The van der Waals surface area contributed by atoms with Crippen LogP contribution in [-0.4, -0.2) is 73.5 Å². The third kappa shape index (κ3) is 3.97. The van der Waals surface area contributed by atoms with E-state index in [-0.39, 0.29) is 11.3 Å². The molecule has 3 rings (SSSR count). The lowest BCUT2D eigenvalue weighted by Crippen LogP contribution is -2.43. The molecule has 0 radical (unpaired) electrons. The molecule has 2 saturated heterocycles. The highest BCUT2D eigenvalue weighted by molar-refractivity contribution is 5.94. The van der Waals surface area contributed by atoms with Gasteiger partial charge in [0, 0.05) is 51.4 Å². The van der Waals surface area contributed by atoms with Crippen LogP contribution < -0.4 is 5.73 Å². The van der Waals surface area contributed by atoms with Crippen molar-refractivity contribution in [3.05, 3.63) is 35.4 Å². The fourth-order valence-corrected chi connectivity index (χ4v) is 3.56. The molecule has 5 heteroatoms. The number of likely N-dealkylation sites (tertiary alicyclic amines) is 1. The predicted octanol–water partition coefficient (Wildman–Crippen LogP) is 1.24. The fourth-order valence-electron chi connectivity index (χ4n) is 3.56. The Morgan fingerprint density at radius 2 is 1.79 bits per heavy atom. The maximum Gasteiger partial charge on any atom is 0.253 e. The zero-order chi connectivity index (χ0) is 17.2. The highest BCUT2D eigenvalue weighted by Crippen LogP contribution is 2.29. The van der Waals surface area contributed by atoms with Gasteiger partial charge in [0.2, 0.25) is 0 Å². The molecule has 0 aliphatic carbocycles. The van der Waals surface area contributed by atoms with Crippen LogP contribution in [0.2, 0.25) is 0 Å². The number of rotatable bonds is 4. The number of piperazine rings is 1. The Morgan fingerprint density at radius 3 is 2.38 bits per heavy atom. The summed E-state index contributed by atoms with van der Waals surface area (Å²) in [4.78, 5) is 19.4. The van der Waals surface area contributed by atoms with Crippen LogP contribution >= 0.6 is 0 Å². The summed E-state index contributed by atoms with van der Waals surface area (Å²) in [5, 5.41) is 0. The minimum atomic E-state index is 0.0804. The summed E-state index contributed by atoms with van der Waals surface area (Å²) in [5.41, 5.74) is 7.99. The van der Waals surface area contributed by atoms with E-state index >= 15 is 0 Å². The zero-order valence-corrected chi connectivity index (χ0v) is 15.0. The van der Waals surface area contributed by atoms with E-state index < -0.39 is 0 Å². The Kier molecular flexibility index (Phi) is 5.23. The predicted molar refractivity (Wildman–Crippen MR) is 96.9 cm³/mol. The molecule has 1 amide bonds. The average Bonchev–Trinajstić information content (AvgIpc) is 3.00. The molecule has 2 aliphatic rings. The van der Waals surface area contributed by atoms with Crippen LogP contribution in [0.5, 0.6) is 0 Å². The standard InChI is InChI=1S/C19H30N4O/c1-19(14-20)7-8-23(15-19)18(24)17-5-3-16(4-6-17)13-22-11-9-21(2)10-12-22/h3-6H,7-15,20H2,1-2H3. The lowest BCUT2D eigenvalue weighted by molar-refractivity contribution is 0.0777. The molecule has 1 atom stereocenters. The van der Waals surface area contributed by atoms with Gasteiger partial charge in [0.15, 0.2) is 0 Å². The van der Waals surface area contributed by atoms with Crippen LogP contribution in [0.1, 0.15) is 29.3 Å². The molecule has 2 fully saturated rings. The lowest BCUT2D eigenvalue weighted by atomic mass is 9.90. The second-order valence-electron chi connectivity index (χ2n) is 7.77. The molecule has 24 heavy (non-hydrogen) atoms. The van der Waals surface area contributed by atoms with Crippen molar-refractivity contribution in [1.29, 1.82) is 0 Å². The summed E-state index contributed by atoms with van der Waals surface area (Å²) in [6.07, 6.45) is 0.997. The number of carbonyl (C=O) groups is 1. The Labute approximate surface area is 145 Å². The number of nitrogens with zero attached hydrogens (tertiary/aromatic N) is 3. The first-order chi connectivity index (χ1) is 11.5. The van der Waals surface area contributed by atoms with E-state index in [0.717, 1.165) is 57.8 Å². The van der Waals surface area contributed by atoms with Crippen molar-refractivity contribution in [2.24, 2.45) is 11.1 Å². The third-order valence-electron chi connectivity index (χ3n) is 5.54. The highest BCUT2D eigenvalue weighted by atomic mass is 16.2. The number of likely N-dealkylation sites (N-methyl/N-ethyl adjacent to an activating group) is 1. The largest absolute Gasteiger partial charge is 0.338 e. The Balaban J connectivity index is 1.57. The molecule has 2 heterocycles. The SMILES string of the molecule is CN1CCN(Cc2ccc(C(=O)N3CCC(C)(CN)C3)cc2)CC1. The first kappa shape index (κ1) is 17.4. The summed E-state index contributed by atoms with van der Waals surface area (Å²) >= 11 is 0. The maximum absolute atomic E-state index is 12.7. The van der Waals surface area contributed by atoms with Gasteiger partial charge >= 0.3 is 0 Å². The van der Waals surface area contributed by atoms with Gasteiger partial charge in [-0.1, -0.05) is 19.1 Å². The maximum atomic E-state index is 12.7. The first-order valence-electron chi connectivity index (χ1n) is 8.98. The van der Waals surface area contributed by atoms with E-state index in [4.69, 9.17) is 5.73 Å². The fraction of sp³-hybridized carbons (Fsp3) is 0.632. The number of hydrogen-bond donors (Lipinski definition) is 1. The van der Waals surface area contributed by atoms with Crippen molar-refractivity contribution in [3.8, 4) is 0 Å². The van der Waals surface area contributed by atoms with Crippen LogP contribution in [0.25, 0.3) is 0 Å². The van der Waals surface area contributed by atoms with Crippen molar-refractivity contribution in [1.82, 2.24) is 14.7 Å². The molecule has 0 spiro atoms. The molecule has 0 aromatic heterocycles. The summed E-state index contributed by atoms with van der Waals surface area (Å²) in [7, 11) is 2.17. The van der Waals surface area contributed by atoms with Crippen molar-refractivity contribution in [3.63, 3.8) is 0 Å². The van der Waals surface area contributed by atoms with Gasteiger partial charge in [0.25, 0.3) is 5.91 Å². The van der Waals surface area contributed by atoms with Crippen molar-refractivity contribution < 1.29 is 4.79 Å². The normalized spacial score (nSPS) is 26.0. The molecular formula is C19H30N4O. The van der Waals surface area contributed by atoms with E-state index in [1.165, 1.54) is 5.56 Å². The van der Waals surface area contributed by atoms with Crippen LogP contribution in [0.4, 0.5) is 0 Å². The van der Waals surface area contributed by atoms with Gasteiger partial charge in [-0.05, 0) is 43.1 Å². The third-order valence-corrected chi connectivity index (χ3v) is 5.54. The van der Waals surface area contributed by atoms with Gasteiger partial charge in [-0.15, -0.1) is 0 Å². The molecule has 2 N–H and O–H groups in total. The number of hydrogen-bond acceptors (Lipinski definition) is 4. The lowest BCUT2D eigenvalue weighted by Gasteiger charge is -2.32. The van der Waals surface area contributed by atoms with Gasteiger partial charge in [-0.2, -0.15) is 0 Å². The second-order valence-corrected chi connectivity index (χ2v) is 7.77.